The molecule has 0 radical (unpaired) electrons. The lowest BCUT2D eigenvalue weighted by Gasteiger charge is -2.27. The molecule has 0 aromatic rings. The Morgan fingerprint density at radius 3 is 2.55 bits per heavy atom. The SMILES string of the molecule is C=CC(COC(=O)NCCBr)C/C(=C/OC(OCCC)C(C)C(C)CC)[N+](=O)[O-]. The van der Waals surface area contributed by atoms with Gasteiger partial charge in [0.15, 0.2) is 6.26 Å². The van der Waals surface area contributed by atoms with Crippen molar-refractivity contribution in [1.29, 1.82) is 0 Å². The number of amides is 1. The number of nitro groups is 1. The molecule has 0 rings (SSSR count). The predicted molar refractivity (Wildman–Crippen MR) is 116 cm³/mol. The zero-order chi connectivity index (χ0) is 22.2. The Morgan fingerprint density at radius 2 is 2.03 bits per heavy atom. The van der Waals surface area contributed by atoms with Crippen LogP contribution >= 0.6 is 15.9 Å². The Bertz CT molecular complexity index is 529. The highest BCUT2D eigenvalue weighted by Gasteiger charge is 2.25. The molecule has 4 atom stereocenters. The van der Waals surface area contributed by atoms with Gasteiger partial charge in [-0.05, 0) is 12.3 Å². The zero-order valence-corrected chi connectivity index (χ0v) is 19.5. The molecule has 0 bridgehead atoms. The fraction of sp³-hybridized carbons (Fsp3) is 0.750. The van der Waals surface area contributed by atoms with Gasteiger partial charge < -0.3 is 19.5 Å². The number of nitrogens with one attached hydrogen (secondary N) is 1. The molecule has 1 amide bonds. The summed E-state index contributed by atoms with van der Waals surface area (Å²) in [6.07, 6.45) is 3.35. The maximum absolute atomic E-state index is 11.5. The van der Waals surface area contributed by atoms with Gasteiger partial charge in [-0.1, -0.05) is 56.1 Å². The van der Waals surface area contributed by atoms with E-state index in [0.29, 0.717) is 24.4 Å². The van der Waals surface area contributed by atoms with Gasteiger partial charge in [-0.2, -0.15) is 0 Å². The van der Waals surface area contributed by atoms with Crippen LogP contribution in [-0.2, 0) is 14.2 Å². The molecular weight excluding hydrogens is 444 g/mol. The lowest BCUT2D eigenvalue weighted by atomic mass is 9.93. The van der Waals surface area contributed by atoms with Gasteiger partial charge in [-0.3, -0.25) is 10.1 Å². The number of hydrogen-bond donors (Lipinski definition) is 1. The van der Waals surface area contributed by atoms with Crippen LogP contribution in [0.3, 0.4) is 0 Å². The Labute approximate surface area is 182 Å². The zero-order valence-electron chi connectivity index (χ0n) is 17.9. The van der Waals surface area contributed by atoms with Crippen molar-refractivity contribution < 1.29 is 23.9 Å². The minimum atomic E-state index is -0.574. The van der Waals surface area contributed by atoms with E-state index in [1.807, 2.05) is 13.8 Å². The molecule has 29 heavy (non-hydrogen) atoms. The van der Waals surface area contributed by atoms with Crippen molar-refractivity contribution in [1.82, 2.24) is 5.32 Å². The highest BCUT2D eigenvalue weighted by molar-refractivity contribution is 9.09. The van der Waals surface area contributed by atoms with Gasteiger partial charge in [0.2, 0.25) is 6.29 Å². The quantitative estimate of drug-likeness (QED) is 0.0847. The van der Waals surface area contributed by atoms with E-state index >= 15 is 0 Å². The molecule has 0 saturated carbocycles. The Hall–Kier alpha value is -1.61. The van der Waals surface area contributed by atoms with E-state index in [4.69, 9.17) is 14.2 Å². The van der Waals surface area contributed by atoms with Crippen molar-refractivity contribution in [3.63, 3.8) is 0 Å². The third-order valence-electron chi connectivity index (χ3n) is 4.63. The summed E-state index contributed by atoms with van der Waals surface area (Å²) in [5.74, 6) is 0.0103. The first-order chi connectivity index (χ1) is 13.8. The minimum Gasteiger partial charge on any atom is -0.465 e. The van der Waals surface area contributed by atoms with E-state index in [1.165, 1.54) is 6.08 Å². The van der Waals surface area contributed by atoms with E-state index < -0.39 is 23.2 Å². The van der Waals surface area contributed by atoms with Gasteiger partial charge in [-0.15, -0.1) is 6.58 Å². The molecule has 168 valence electrons. The van der Waals surface area contributed by atoms with Gasteiger partial charge >= 0.3 is 6.09 Å². The number of ether oxygens (including phenoxy) is 3. The molecule has 0 heterocycles. The summed E-state index contributed by atoms with van der Waals surface area (Å²) in [5.41, 5.74) is -0.124. The maximum atomic E-state index is 11.5. The van der Waals surface area contributed by atoms with E-state index in [-0.39, 0.29) is 24.6 Å². The minimum absolute atomic E-state index is 0.0121. The summed E-state index contributed by atoms with van der Waals surface area (Å²) in [4.78, 5) is 22.5. The lowest BCUT2D eigenvalue weighted by Crippen LogP contribution is -2.29. The van der Waals surface area contributed by atoms with Gasteiger partial charge in [-0.25, -0.2) is 4.79 Å². The highest BCUT2D eigenvalue weighted by atomic mass is 79.9. The normalized spacial score (nSPS) is 15.7. The molecule has 4 unspecified atom stereocenters. The highest BCUT2D eigenvalue weighted by Crippen LogP contribution is 2.23. The predicted octanol–water partition coefficient (Wildman–Crippen LogP) is 4.87. The number of halogens is 1. The van der Waals surface area contributed by atoms with E-state index in [0.717, 1.165) is 19.1 Å². The molecule has 0 aliphatic heterocycles. The summed E-state index contributed by atoms with van der Waals surface area (Å²) in [7, 11) is 0. The number of alkyl carbamates (subject to hydrolysis) is 1. The Kier molecular flexibility index (Phi) is 15.3. The van der Waals surface area contributed by atoms with Gasteiger partial charge in [0.05, 0.1) is 24.6 Å². The van der Waals surface area contributed by atoms with Crippen LogP contribution in [0.25, 0.3) is 0 Å². The second kappa shape index (κ2) is 16.2. The van der Waals surface area contributed by atoms with Crippen LogP contribution in [-0.4, -0.2) is 42.4 Å². The molecule has 0 spiro atoms. The summed E-state index contributed by atoms with van der Waals surface area (Å²) in [6, 6.07) is 0. The number of hydrogen-bond acceptors (Lipinski definition) is 6. The first-order valence-electron chi connectivity index (χ1n) is 10.00. The third-order valence-corrected chi connectivity index (χ3v) is 5.02. The number of nitrogens with zero attached hydrogens (tertiary/aromatic N) is 1. The second-order valence-electron chi connectivity index (χ2n) is 6.90. The molecule has 1 N–H and O–H groups in total. The van der Waals surface area contributed by atoms with E-state index in [2.05, 4.69) is 41.7 Å². The van der Waals surface area contributed by atoms with Crippen LogP contribution in [0.5, 0.6) is 0 Å². The van der Waals surface area contributed by atoms with Gasteiger partial charge in [0.25, 0.3) is 5.70 Å². The fourth-order valence-electron chi connectivity index (χ4n) is 2.36. The van der Waals surface area contributed by atoms with Crippen LogP contribution in [0.1, 0.15) is 47.0 Å². The van der Waals surface area contributed by atoms with Crippen LogP contribution < -0.4 is 5.32 Å². The van der Waals surface area contributed by atoms with Crippen LogP contribution in [0.15, 0.2) is 24.6 Å². The molecule has 0 fully saturated rings. The summed E-state index contributed by atoms with van der Waals surface area (Å²) < 4.78 is 16.5. The van der Waals surface area contributed by atoms with Crippen molar-refractivity contribution in [3.8, 4) is 0 Å². The average molecular weight is 479 g/mol. The Morgan fingerprint density at radius 1 is 1.34 bits per heavy atom. The maximum Gasteiger partial charge on any atom is 0.407 e. The van der Waals surface area contributed by atoms with Crippen molar-refractivity contribution >= 4 is 22.0 Å². The molecule has 0 aromatic carbocycles. The number of allylic oxidation sites excluding steroid dienone is 1. The smallest absolute Gasteiger partial charge is 0.407 e. The van der Waals surface area contributed by atoms with E-state index in [9.17, 15) is 14.9 Å². The number of carbonyl (C=O) groups is 1. The lowest BCUT2D eigenvalue weighted by molar-refractivity contribution is -0.431. The molecule has 0 aliphatic carbocycles. The fourth-order valence-corrected chi connectivity index (χ4v) is 2.56. The van der Waals surface area contributed by atoms with Crippen molar-refractivity contribution in [3.05, 3.63) is 34.7 Å². The molecule has 0 aromatic heterocycles. The van der Waals surface area contributed by atoms with Crippen LogP contribution in [0.4, 0.5) is 4.79 Å². The molecule has 9 heteroatoms. The van der Waals surface area contributed by atoms with Crippen molar-refractivity contribution in [2.75, 3.05) is 25.1 Å². The second-order valence-corrected chi connectivity index (χ2v) is 7.69. The van der Waals surface area contributed by atoms with Gasteiger partial charge in [0.1, 0.15) is 0 Å². The standard InChI is InChI=1S/C20H35BrN2O6/c1-6-11-27-19(16(5)15(4)7-2)28-14-18(23(25)26)12-17(8-3)13-29-20(24)22-10-9-21/h8,14-17,19H,3,6-7,9-13H2,1-2,4-5H3,(H,22,24)/b18-14-. The van der Waals surface area contributed by atoms with Gasteiger partial charge in [0, 0.05) is 23.7 Å². The number of carbonyl (C=O) groups excluding carboxylic acids is 1. The largest absolute Gasteiger partial charge is 0.465 e. The summed E-state index contributed by atoms with van der Waals surface area (Å²) in [6.45, 7) is 12.8. The van der Waals surface area contributed by atoms with Crippen LogP contribution in [0.2, 0.25) is 0 Å². The summed E-state index contributed by atoms with van der Waals surface area (Å²) in [5, 5.41) is 14.6. The molecule has 8 nitrogen and oxygen atoms in total. The number of rotatable bonds is 16. The van der Waals surface area contributed by atoms with Crippen molar-refractivity contribution in [2.45, 2.75) is 53.2 Å². The average Bonchev–Trinajstić information content (AvgIpc) is 2.72. The third kappa shape index (κ3) is 11.9. The van der Waals surface area contributed by atoms with Crippen LogP contribution in [0, 0.1) is 27.9 Å². The Balaban J connectivity index is 5.04. The topological polar surface area (TPSA) is 99.9 Å². The monoisotopic (exact) mass is 478 g/mol. The molecular formula is C20H35BrN2O6. The van der Waals surface area contributed by atoms with Crippen molar-refractivity contribution in [2.24, 2.45) is 17.8 Å². The molecule has 0 saturated heterocycles. The first-order valence-corrected chi connectivity index (χ1v) is 11.1. The molecule has 0 aliphatic rings. The first kappa shape index (κ1) is 27.4. The summed E-state index contributed by atoms with van der Waals surface area (Å²) >= 11 is 3.20. The number of alkyl halides is 1. The van der Waals surface area contributed by atoms with E-state index in [1.54, 1.807) is 0 Å².